The second kappa shape index (κ2) is 3.31. The molecule has 0 aliphatic carbocycles. The first kappa shape index (κ1) is 9.02. The Morgan fingerprint density at radius 2 is 1.86 bits per heavy atom. The normalized spacial score (nSPS) is 20.5. The van der Waals surface area contributed by atoms with Crippen LogP contribution in [0.4, 0.5) is 4.79 Å². The van der Waals surface area contributed by atoms with Gasteiger partial charge in [-0.1, -0.05) is 23.7 Å². The van der Waals surface area contributed by atoms with Crippen molar-refractivity contribution in [1.82, 2.24) is 10.6 Å². The molecule has 1 fully saturated rings. The van der Waals surface area contributed by atoms with Crippen molar-refractivity contribution in [1.29, 1.82) is 0 Å². The second-order valence-corrected chi connectivity index (χ2v) is 3.32. The maximum atomic E-state index is 11.2. The minimum atomic E-state index is -0.653. The third-order valence-electron chi connectivity index (χ3n) is 1.93. The molecule has 1 radical (unpaired) electrons. The lowest BCUT2D eigenvalue weighted by atomic mass is 10.1. The molecule has 1 N–H and O–H groups in total. The predicted octanol–water partition coefficient (Wildman–Crippen LogP) is 1.24. The van der Waals surface area contributed by atoms with Crippen LogP contribution in [-0.4, -0.2) is 11.9 Å². The van der Waals surface area contributed by atoms with Crippen LogP contribution < -0.4 is 10.6 Å². The van der Waals surface area contributed by atoms with Gasteiger partial charge in [-0.05, 0) is 17.7 Å². The van der Waals surface area contributed by atoms with Crippen molar-refractivity contribution in [2.24, 2.45) is 0 Å². The molecule has 1 unspecified atom stereocenters. The van der Waals surface area contributed by atoms with Gasteiger partial charge in [0.15, 0.2) is 0 Å². The molecule has 1 aliphatic rings. The SMILES string of the molecule is O=C1[N]C(=O)C(c2ccc(Cl)cc2)N1. The summed E-state index contributed by atoms with van der Waals surface area (Å²) in [5.74, 6) is -0.461. The fraction of sp³-hybridized carbons (Fsp3) is 0.111. The first-order valence-electron chi connectivity index (χ1n) is 3.98. The molecule has 0 spiro atoms. The van der Waals surface area contributed by atoms with Crippen LogP contribution in [0.5, 0.6) is 0 Å². The van der Waals surface area contributed by atoms with Gasteiger partial charge in [0.25, 0.3) is 5.91 Å². The highest BCUT2D eigenvalue weighted by Gasteiger charge is 2.32. The highest BCUT2D eigenvalue weighted by Crippen LogP contribution is 2.19. The van der Waals surface area contributed by atoms with E-state index in [2.05, 4.69) is 10.6 Å². The highest BCUT2D eigenvalue weighted by molar-refractivity contribution is 6.30. The van der Waals surface area contributed by atoms with Crippen molar-refractivity contribution in [3.8, 4) is 0 Å². The second-order valence-electron chi connectivity index (χ2n) is 2.88. The van der Waals surface area contributed by atoms with Crippen LogP contribution in [0.1, 0.15) is 11.6 Å². The topological polar surface area (TPSA) is 60.3 Å². The van der Waals surface area contributed by atoms with Crippen molar-refractivity contribution >= 4 is 23.5 Å². The molecule has 3 amide bonds. The molecule has 1 atom stereocenters. The molecular formula is C9H6ClN2O2. The van der Waals surface area contributed by atoms with Crippen molar-refractivity contribution in [3.05, 3.63) is 34.9 Å². The molecule has 4 nitrogen and oxygen atoms in total. The Labute approximate surface area is 85.2 Å². The van der Waals surface area contributed by atoms with Crippen LogP contribution in [0.25, 0.3) is 0 Å². The number of carbonyl (C=O) groups is 2. The Hall–Kier alpha value is -1.55. The number of amides is 3. The van der Waals surface area contributed by atoms with Crippen LogP contribution in [0.2, 0.25) is 5.02 Å². The smallest absolute Gasteiger partial charge is 0.320 e. The largest absolute Gasteiger partial charge is 0.345 e. The third kappa shape index (κ3) is 1.56. The molecule has 0 aromatic heterocycles. The first-order valence-corrected chi connectivity index (χ1v) is 4.36. The van der Waals surface area contributed by atoms with E-state index in [4.69, 9.17) is 11.6 Å². The summed E-state index contributed by atoms with van der Waals surface area (Å²) in [7, 11) is 0. The molecule has 1 aliphatic heterocycles. The lowest BCUT2D eigenvalue weighted by Gasteiger charge is -2.06. The van der Waals surface area contributed by atoms with Gasteiger partial charge in [0.05, 0.1) is 0 Å². The van der Waals surface area contributed by atoms with Gasteiger partial charge in [-0.3, -0.25) is 4.79 Å². The minimum Gasteiger partial charge on any atom is -0.320 e. The van der Waals surface area contributed by atoms with E-state index in [1.807, 2.05) is 0 Å². The van der Waals surface area contributed by atoms with Crippen LogP contribution in [0.3, 0.4) is 0 Å². The van der Waals surface area contributed by atoms with Crippen molar-refractivity contribution in [2.75, 3.05) is 0 Å². The summed E-state index contributed by atoms with van der Waals surface area (Å²) in [5.41, 5.74) is 0.689. The van der Waals surface area contributed by atoms with E-state index < -0.39 is 18.0 Å². The number of nitrogens with one attached hydrogen (secondary N) is 1. The monoisotopic (exact) mass is 209 g/mol. The summed E-state index contributed by atoms with van der Waals surface area (Å²) in [6, 6.07) is 5.45. The number of nitrogens with zero attached hydrogens (tertiary/aromatic N) is 1. The van der Waals surface area contributed by atoms with Crippen LogP contribution >= 0.6 is 11.6 Å². The van der Waals surface area contributed by atoms with Gasteiger partial charge in [0, 0.05) is 5.02 Å². The number of halogens is 1. The lowest BCUT2D eigenvalue weighted by Crippen LogP contribution is -2.19. The van der Waals surface area contributed by atoms with E-state index in [1.165, 1.54) is 0 Å². The maximum Gasteiger partial charge on any atom is 0.345 e. The number of benzene rings is 1. The van der Waals surface area contributed by atoms with Gasteiger partial charge in [-0.2, -0.15) is 5.32 Å². The van der Waals surface area contributed by atoms with Gasteiger partial charge in [0.1, 0.15) is 6.04 Å². The standard InChI is InChI=1S/C9H6ClN2O2/c10-6-3-1-5(2-4-6)7-8(13)12-9(14)11-7/h1-4,7H,(H,11,14). The van der Waals surface area contributed by atoms with Crippen molar-refractivity contribution < 1.29 is 9.59 Å². The van der Waals surface area contributed by atoms with Gasteiger partial charge in [0.2, 0.25) is 0 Å². The molecular weight excluding hydrogens is 204 g/mol. The Bertz CT molecular complexity index is 388. The molecule has 0 bridgehead atoms. The molecule has 1 heterocycles. The average Bonchev–Trinajstić information content (AvgIpc) is 2.47. The Morgan fingerprint density at radius 3 is 2.36 bits per heavy atom. The van der Waals surface area contributed by atoms with E-state index in [0.29, 0.717) is 10.6 Å². The summed E-state index contributed by atoms with van der Waals surface area (Å²) in [6.07, 6.45) is 0. The summed E-state index contributed by atoms with van der Waals surface area (Å²) < 4.78 is 0. The summed E-state index contributed by atoms with van der Waals surface area (Å²) in [6.45, 7) is 0. The van der Waals surface area contributed by atoms with Gasteiger partial charge < -0.3 is 5.32 Å². The summed E-state index contributed by atoms with van der Waals surface area (Å²) in [4.78, 5) is 22.0. The highest BCUT2D eigenvalue weighted by atomic mass is 35.5. The van der Waals surface area contributed by atoms with E-state index in [9.17, 15) is 9.59 Å². The van der Waals surface area contributed by atoms with E-state index in [-0.39, 0.29) is 0 Å². The molecule has 71 valence electrons. The average molecular weight is 210 g/mol. The quantitative estimate of drug-likeness (QED) is 0.708. The lowest BCUT2D eigenvalue weighted by molar-refractivity contribution is -0.120. The fourth-order valence-corrected chi connectivity index (χ4v) is 1.39. The number of urea groups is 1. The molecule has 5 heteroatoms. The molecule has 0 saturated carbocycles. The van der Waals surface area contributed by atoms with Crippen molar-refractivity contribution in [3.63, 3.8) is 0 Å². The van der Waals surface area contributed by atoms with Gasteiger partial charge in [-0.15, -0.1) is 0 Å². The number of imide groups is 1. The molecule has 1 aromatic rings. The van der Waals surface area contributed by atoms with Crippen LogP contribution in [0, 0.1) is 0 Å². The zero-order valence-corrected chi connectivity index (χ0v) is 7.78. The van der Waals surface area contributed by atoms with E-state index in [0.717, 1.165) is 0 Å². The van der Waals surface area contributed by atoms with Crippen molar-refractivity contribution in [2.45, 2.75) is 6.04 Å². The molecule has 14 heavy (non-hydrogen) atoms. The Morgan fingerprint density at radius 1 is 1.21 bits per heavy atom. The predicted molar refractivity (Wildman–Crippen MR) is 49.9 cm³/mol. The van der Waals surface area contributed by atoms with E-state index >= 15 is 0 Å². The maximum absolute atomic E-state index is 11.2. The number of hydrogen-bond acceptors (Lipinski definition) is 2. The third-order valence-corrected chi connectivity index (χ3v) is 2.18. The van der Waals surface area contributed by atoms with Gasteiger partial charge >= 0.3 is 6.03 Å². The number of carbonyl (C=O) groups excluding carboxylic acids is 2. The zero-order valence-electron chi connectivity index (χ0n) is 7.03. The molecule has 1 saturated heterocycles. The first-order chi connectivity index (χ1) is 6.66. The zero-order chi connectivity index (χ0) is 10.1. The number of hydrogen-bond donors (Lipinski definition) is 1. The summed E-state index contributed by atoms with van der Waals surface area (Å²) >= 11 is 5.69. The Kier molecular flexibility index (Phi) is 2.13. The molecule has 1 aromatic carbocycles. The van der Waals surface area contributed by atoms with Crippen LogP contribution in [-0.2, 0) is 4.79 Å². The minimum absolute atomic E-state index is 0.461. The van der Waals surface area contributed by atoms with Gasteiger partial charge in [-0.25, -0.2) is 4.79 Å². The number of rotatable bonds is 1. The van der Waals surface area contributed by atoms with Crippen LogP contribution in [0.15, 0.2) is 24.3 Å². The van der Waals surface area contributed by atoms with E-state index in [1.54, 1.807) is 24.3 Å². The fourth-order valence-electron chi connectivity index (χ4n) is 1.26. The summed E-state index contributed by atoms with van der Waals surface area (Å²) in [5, 5.41) is 6.27. The Balaban J connectivity index is 2.27. The molecule has 2 rings (SSSR count).